The van der Waals surface area contributed by atoms with E-state index in [2.05, 4.69) is 38.2 Å². The first kappa shape index (κ1) is 57.2. The molecule has 0 spiro atoms. The van der Waals surface area contributed by atoms with Crippen LogP contribution in [0, 0.1) is 0 Å². The van der Waals surface area contributed by atoms with E-state index < -0.39 is 55.4 Å². The molecule has 1 aliphatic heterocycles. The van der Waals surface area contributed by atoms with Gasteiger partial charge in [-0.05, 0) is 64.2 Å². The van der Waals surface area contributed by atoms with Crippen molar-refractivity contribution < 1.29 is 49.0 Å². The van der Waals surface area contributed by atoms with E-state index in [0.717, 1.165) is 38.5 Å². The third-order valence-corrected chi connectivity index (χ3v) is 11.8. The van der Waals surface area contributed by atoms with Crippen molar-refractivity contribution in [2.45, 2.75) is 269 Å². The highest BCUT2D eigenvalue weighted by Gasteiger charge is 2.44. The Morgan fingerprint density at radius 1 is 0.492 bits per heavy atom. The Bertz CT molecular complexity index is 1050. The molecule has 0 amide bonds. The van der Waals surface area contributed by atoms with Crippen molar-refractivity contribution >= 4 is 11.9 Å². The summed E-state index contributed by atoms with van der Waals surface area (Å²) in [5.74, 6) is -0.824. The lowest BCUT2D eigenvalue weighted by molar-refractivity contribution is -0.305. The van der Waals surface area contributed by atoms with E-state index in [4.69, 9.17) is 18.9 Å². The van der Waals surface area contributed by atoms with E-state index in [1.165, 1.54) is 154 Å². The summed E-state index contributed by atoms with van der Waals surface area (Å²) in [7, 11) is 0. The molecule has 1 heterocycles. The van der Waals surface area contributed by atoms with Crippen LogP contribution in [-0.2, 0) is 28.5 Å². The predicted molar refractivity (Wildman–Crippen MR) is 247 cm³/mol. The molecule has 358 valence electrons. The van der Waals surface area contributed by atoms with Gasteiger partial charge in [0.2, 0.25) is 0 Å². The second-order valence-electron chi connectivity index (χ2n) is 17.6. The van der Waals surface area contributed by atoms with Gasteiger partial charge in [0.1, 0.15) is 31.0 Å². The van der Waals surface area contributed by atoms with Gasteiger partial charge in [-0.2, -0.15) is 0 Å². The molecule has 1 saturated heterocycles. The standard InChI is InChI=1S/C51H94O10/c1-3-5-7-9-11-13-15-17-19-20-21-22-23-24-26-28-30-32-34-36-38-40-47(54)60-44(43-59-51-50(57)49(56)48(55)45(41-52)61-51)42-58-46(53)39-37-35-33-31-29-27-25-18-16-14-12-10-8-6-4-2/h17,19,29,31,44-45,48-52,55-57H,3-16,18,20-28,30,32-43H2,1-2H3/b19-17+,31-29+/t44-,45-,48+,49?,50?,51-/m1/s1. The number of hydrogen-bond donors (Lipinski definition) is 4. The van der Waals surface area contributed by atoms with Gasteiger partial charge >= 0.3 is 11.9 Å². The fourth-order valence-corrected chi connectivity index (χ4v) is 7.77. The van der Waals surface area contributed by atoms with Crippen LogP contribution in [0.3, 0.4) is 0 Å². The first-order valence-electron chi connectivity index (χ1n) is 25.4. The van der Waals surface area contributed by atoms with Crippen LogP contribution in [0.15, 0.2) is 24.3 Å². The molecule has 0 radical (unpaired) electrons. The molecule has 0 aromatic carbocycles. The van der Waals surface area contributed by atoms with Crippen molar-refractivity contribution in [3.8, 4) is 0 Å². The average molecular weight is 867 g/mol. The van der Waals surface area contributed by atoms with Crippen LogP contribution in [0.4, 0.5) is 0 Å². The smallest absolute Gasteiger partial charge is 0.306 e. The molecule has 61 heavy (non-hydrogen) atoms. The summed E-state index contributed by atoms with van der Waals surface area (Å²) in [6.45, 7) is 3.43. The predicted octanol–water partition coefficient (Wildman–Crippen LogP) is 11.7. The number of unbranched alkanes of at least 4 members (excludes halogenated alkanes) is 28. The van der Waals surface area contributed by atoms with Gasteiger partial charge in [0, 0.05) is 12.8 Å². The highest BCUT2D eigenvalue weighted by atomic mass is 16.7. The second kappa shape index (κ2) is 42.1. The Balaban J connectivity index is 2.26. The van der Waals surface area contributed by atoms with Gasteiger partial charge in [0.05, 0.1) is 13.2 Å². The molecule has 0 saturated carbocycles. The van der Waals surface area contributed by atoms with Crippen LogP contribution in [-0.4, -0.2) is 89.0 Å². The molecule has 4 N–H and O–H groups in total. The summed E-state index contributed by atoms with van der Waals surface area (Å²) in [5, 5.41) is 40.2. The van der Waals surface area contributed by atoms with Crippen LogP contribution in [0.1, 0.15) is 232 Å². The zero-order valence-corrected chi connectivity index (χ0v) is 39.2. The highest BCUT2D eigenvalue weighted by molar-refractivity contribution is 5.70. The Labute approximate surface area is 373 Å². The summed E-state index contributed by atoms with van der Waals surface area (Å²) in [6.07, 6.45) is 40.5. The summed E-state index contributed by atoms with van der Waals surface area (Å²) in [5.41, 5.74) is 0. The number of aliphatic hydroxyl groups is 4. The van der Waals surface area contributed by atoms with Gasteiger partial charge in [-0.25, -0.2) is 0 Å². The SMILES string of the molecule is CCCCCCCC/C=C/CCCCCCCCCCCCCC(=O)O[C@H](COC(=O)CCCC/C=C/CCCCCCCCCCC)CO[C@@H]1O[C@H](CO)[C@H](O)C(O)C1O. The van der Waals surface area contributed by atoms with Gasteiger partial charge in [0.15, 0.2) is 12.4 Å². The van der Waals surface area contributed by atoms with Gasteiger partial charge in [-0.15, -0.1) is 0 Å². The summed E-state index contributed by atoms with van der Waals surface area (Å²) >= 11 is 0. The maximum Gasteiger partial charge on any atom is 0.306 e. The number of carbonyl (C=O) groups is 2. The van der Waals surface area contributed by atoms with Gasteiger partial charge in [0.25, 0.3) is 0 Å². The zero-order chi connectivity index (χ0) is 44.4. The Hall–Kier alpha value is -1.82. The van der Waals surface area contributed by atoms with E-state index in [1.807, 2.05) is 0 Å². The zero-order valence-electron chi connectivity index (χ0n) is 39.2. The highest BCUT2D eigenvalue weighted by Crippen LogP contribution is 2.23. The van der Waals surface area contributed by atoms with E-state index in [1.54, 1.807) is 0 Å². The normalized spacial score (nSPS) is 19.9. The van der Waals surface area contributed by atoms with Gasteiger partial charge in [-0.1, -0.05) is 179 Å². The van der Waals surface area contributed by atoms with Crippen LogP contribution in [0.25, 0.3) is 0 Å². The second-order valence-corrected chi connectivity index (χ2v) is 17.6. The fourth-order valence-electron chi connectivity index (χ4n) is 7.77. The minimum atomic E-state index is -1.60. The monoisotopic (exact) mass is 867 g/mol. The molecule has 1 fully saturated rings. The number of ether oxygens (including phenoxy) is 4. The molecule has 6 atom stereocenters. The third-order valence-electron chi connectivity index (χ3n) is 11.8. The first-order chi connectivity index (χ1) is 29.8. The molecule has 1 rings (SSSR count). The lowest BCUT2D eigenvalue weighted by atomic mass is 9.99. The molecule has 10 nitrogen and oxygen atoms in total. The van der Waals surface area contributed by atoms with E-state index >= 15 is 0 Å². The van der Waals surface area contributed by atoms with E-state index in [0.29, 0.717) is 12.8 Å². The molecule has 0 bridgehead atoms. The molecular weight excluding hydrogens is 773 g/mol. The van der Waals surface area contributed by atoms with Crippen molar-refractivity contribution in [3.63, 3.8) is 0 Å². The minimum absolute atomic E-state index is 0.225. The molecule has 0 aromatic heterocycles. The number of esters is 2. The summed E-state index contributed by atoms with van der Waals surface area (Å²) in [4.78, 5) is 25.4. The van der Waals surface area contributed by atoms with Crippen LogP contribution < -0.4 is 0 Å². The molecule has 2 unspecified atom stereocenters. The van der Waals surface area contributed by atoms with Crippen molar-refractivity contribution in [2.75, 3.05) is 19.8 Å². The minimum Gasteiger partial charge on any atom is -0.462 e. The Morgan fingerprint density at radius 2 is 0.869 bits per heavy atom. The van der Waals surface area contributed by atoms with Crippen LogP contribution >= 0.6 is 0 Å². The Kier molecular flexibility index (Phi) is 39.5. The van der Waals surface area contributed by atoms with E-state index in [9.17, 15) is 30.0 Å². The first-order valence-corrected chi connectivity index (χ1v) is 25.4. The summed E-state index contributed by atoms with van der Waals surface area (Å²) in [6, 6.07) is 0. The molecule has 10 heteroatoms. The molecule has 0 aromatic rings. The maximum absolute atomic E-state index is 12.8. The largest absolute Gasteiger partial charge is 0.462 e. The Morgan fingerprint density at radius 3 is 1.31 bits per heavy atom. The summed E-state index contributed by atoms with van der Waals surface area (Å²) < 4.78 is 22.2. The van der Waals surface area contributed by atoms with Gasteiger partial charge < -0.3 is 39.4 Å². The molecule has 1 aliphatic rings. The third kappa shape index (κ3) is 33.4. The average Bonchev–Trinajstić information content (AvgIpc) is 3.26. The number of hydrogen-bond acceptors (Lipinski definition) is 10. The van der Waals surface area contributed by atoms with Crippen LogP contribution in [0.5, 0.6) is 0 Å². The van der Waals surface area contributed by atoms with Crippen molar-refractivity contribution in [3.05, 3.63) is 24.3 Å². The number of allylic oxidation sites excluding steroid dienone is 4. The maximum atomic E-state index is 12.8. The molecule has 0 aliphatic carbocycles. The quantitative estimate of drug-likeness (QED) is 0.0265. The number of aliphatic hydroxyl groups excluding tert-OH is 4. The van der Waals surface area contributed by atoms with Crippen molar-refractivity contribution in [1.82, 2.24) is 0 Å². The fraction of sp³-hybridized carbons (Fsp3) is 0.882. The van der Waals surface area contributed by atoms with Crippen LogP contribution in [0.2, 0.25) is 0 Å². The molecular formula is C51H94O10. The van der Waals surface area contributed by atoms with E-state index in [-0.39, 0.29) is 26.1 Å². The van der Waals surface area contributed by atoms with Crippen molar-refractivity contribution in [1.29, 1.82) is 0 Å². The van der Waals surface area contributed by atoms with Crippen molar-refractivity contribution in [2.24, 2.45) is 0 Å². The van der Waals surface area contributed by atoms with Gasteiger partial charge in [-0.3, -0.25) is 9.59 Å². The lowest BCUT2D eigenvalue weighted by Gasteiger charge is -2.39. The number of carbonyl (C=O) groups excluding carboxylic acids is 2. The number of rotatable bonds is 43. The topological polar surface area (TPSA) is 152 Å². The lowest BCUT2D eigenvalue weighted by Crippen LogP contribution is -2.59.